The first-order valence-electron chi connectivity index (χ1n) is 12.4. The van der Waals surface area contributed by atoms with Gasteiger partial charge in [0, 0.05) is 24.5 Å². The quantitative estimate of drug-likeness (QED) is 0.196. The zero-order valence-electron chi connectivity index (χ0n) is 21.8. The highest BCUT2D eigenvalue weighted by atomic mass is 16.5. The number of esters is 1. The lowest BCUT2D eigenvalue weighted by Gasteiger charge is -2.25. The van der Waals surface area contributed by atoms with Crippen LogP contribution < -0.4 is 4.74 Å². The first-order chi connectivity index (χ1) is 18.2. The molecule has 4 rings (SSSR count). The third kappa shape index (κ3) is 5.44. The maximum absolute atomic E-state index is 13.3. The number of pyridine rings is 1. The average molecular weight is 515 g/mol. The summed E-state index contributed by atoms with van der Waals surface area (Å²) in [7, 11) is 0. The van der Waals surface area contributed by atoms with E-state index in [-0.39, 0.29) is 24.0 Å². The van der Waals surface area contributed by atoms with Crippen molar-refractivity contribution >= 4 is 23.4 Å². The van der Waals surface area contributed by atoms with E-state index in [4.69, 9.17) is 9.47 Å². The lowest BCUT2D eigenvalue weighted by molar-refractivity contribution is -0.140. The van der Waals surface area contributed by atoms with Gasteiger partial charge in [-0.05, 0) is 80.8 Å². The summed E-state index contributed by atoms with van der Waals surface area (Å²) in [5.74, 6) is -1.54. The van der Waals surface area contributed by atoms with E-state index in [0.29, 0.717) is 34.6 Å². The molecule has 1 aromatic heterocycles. The predicted octanol–water partition coefficient (Wildman–Crippen LogP) is 4.98. The molecule has 38 heavy (non-hydrogen) atoms. The summed E-state index contributed by atoms with van der Waals surface area (Å²) in [4.78, 5) is 44.3. The van der Waals surface area contributed by atoms with E-state index in [1.807, 2.05) is 13.8 Å². The molecule has 0 saturated carbocycles. The Morgan fingerprint density at radius 2 is 1.79 bits per heavy atom. The van der Waals surface area contributed by atoms with Gasteiger partial charge in [0.15, 0.2) is 0 Å². The summed E-state index contributed by atoms with van der Waals surface area (Å²) in [5, 5.41) is 11.3. The van der Waals surface area contributed by atoms with E-state index >= 15 is 0 Å². The number of nitrogens with zero attached hydrogens (tertiary/aromatic N) is 2. The van der Waals surface area contributed by atoms with E-state index in [9.17, 15) is 19.5 Å². The van der Waals surface area contributed by atoms with Crippen LogP contribution in [0.3, 0.4) is 0 Å². The van der Waals surface area contributed by atoms with Gasteiger partial charge in [-0.25, -0.2) is 4.79 Å². The van der Waals surface area contributed by atoms with Gasteiger partial charge in [0.25, 0.3) is 11.7 Å². The van der Waals surface area contributed by atoms with Crippen LogP contribution in [0, 0.1) is 6.92 Å². The number of hydrogen-bond donors (Lipinski definition) is 1. The first kappa shape index (κ1) is 26.6. The lowest BCUT2D eigenvalue weighted by Crippen LogP contribution is -2.29. The molecule has 1 aliphatic rings. The van der Waals surface area contributed by atoms with Crippen molar-refractivity contribution in [3.63, 3.8) is 0 Å². The van der Waals surface area contributed by atoms with Crippen LogP contribution in [-0.4, -0.2) is 45.4 Å². The van der Waals surface area contributed by atoms with E-state index < -0.39 is 23.7 Å². The number of Topliss-reactive ketones (excluding diaryl/α,β-unsaturated/α-hetero) is 1. The predicted molar refractivity (Wildman–Crippen MR) is 141 cm³/mol. The molecule has 1 amide bonds. The largest absolute Gasteiger partial charge is 0.507 e. The number of aliphatic hydroxyl groups excluding tert-OH is 1. The number of aliphatic hydroxyl groups is 1. The highest BCUT2D eigenvalue weighted by Gasteiger charge is 2.46. The van der Waals surface area contributed by atoms with Crippen molar-refractivity contribution < 1.29 is 29.0 Å². The summed E-state index contributed by atoms with van der Waals surface area (Å²) in [6.07, 6.45) is 2.93. The molecule has 8 heteroatoms. The van der Waals surface area contributed by atoms with Gasteiger partial charge in [-0.15, -0.1) is 0 Å². The standard InChI is InChI=1S/C30H30N2O6/c1-5-37-24-13-12-22(15-19(24)4)27(33)25-26(23-7-6-14-31-16-23)32(29(35)28(25)34)17-20-8-10-21(11-9-20)30(36)38-18(2)3/h6-16,18,26,33H,5,17H2,1-4H3/b27-25-. The fraction of sp³-hybridized carbons (Fsp3) is 0.267. The molecular formula is C30H30N2O6. The number of ketones is 1. The van der Waals surface area contributed by atoms with Gasteiger partial charge in [-0.2, -0.15) is 0 Å². The summed E-state index contributed by atoms with van der Waals surface area (Å²) in [6.45, 7) is 7.86. The normalized spacial score (nSPS) is 16.7. The second-order valence-corrected chi connectivity index (χ2v) is 9.28. The van der Waals surface area contributed by atoms with Crippen LogP contribution in [0.2, 0.25) is 0 Å². The van der Waals surface area contributed by atoms with Gasteiger partial charge in [0.05, 0.1) is 29.9 Å². The molecule has 1 fully saturated rings. The number of aromatic nitrogens is 1. The van der Waals surface area contributed by atoms with Crippen molar-refractivity contribution in [2.45, 2.75) is 46.4 Å². The minimum atomic E-state index is -0.846. The van der Waals surface area contributed by atoms with Crippen molar-refractivity contribution in [2.75, 3.05) is 6.61 Å². The average Bonchev–Trinajstić information content (AvgIpc) is 3.15. The first-order valence-corrected chi connectivity index (χ1v) is 12.4. The molecule has 0 spiro atoms. The molecule has 1 atom stereocenters. The number of carbonyl (C=O) groups excluding carboxylic acids is 3. The number of benzene rings is 2. The number of carbonyl (C=O) groups is 3. The van der Waals surface area contributed by atoms with Crippen LogP contribution in [0.4, 0.5) is 0 Å². The van der Waals surface area contributed by atoms with Crippen LogP contribution in [0.15, 0.2) is 72.6 Å². The molecule has 1 aliphatic heterocycles. The van der Waals surface area contributed by atoms with E-state index in [0.717, 1.165) is 5.56 Å². The number of amides is 1. The Morgan fingerprint density at radius 3 is 2.39 bits per heavy atom. The van der Waals surface area contributed by atoms with Crippen molar-refractivity contribution in [3.8, 4) is 5.75 Å². The molecule has 0 aliphatic carbocycles. The second-order valence-electron chi connectivity index (χ2n) is 9.28. The zero-order valence-corrected chi connectivity index (χ0v) is 21.8. The Morgan fingerprint density at radius 1 is 1.08 bits per heavy atom. The molecule has 2 heterocycles. The van der Waals surface area contributed by atoms with Gasteiger partial charge in [0.2, 0.25) is 0 Å². The summed E-state index contributed by atoms with van der Waals surface area (Å²) < 4.78 is 10.8. The molecule has 2 aromatic carbocycles. The lowest BCUT2D eigenvalue weighted by atomic mass is 9.95. The minimum absolute atomic E-state index is 0.0105. The van der Waals surface area contributed by atoms with Crippen LogP contribution in [-0.2, 0) is 20.9 Å². The molecule has 1 N–H and O–H groups in total. The maximum Gasteiger partial charge on any atom is 0.338 e. The van der Waals surface area contributed by atoms with Gasteiger partial charge in [0.1, 0.15) is 11.5 Å². The number of ether oxygens (including phenoxy) is 2. The SMILES string of the molecule is CCOc1ccc(/C(O)=C2/C(=O)C(=O)N(Cc3ccc(C(=O)OC(C)C)cc3)C2c2cccnc2)cc1C. The number of rotatable bonds is 8. The number of aryl methyl sites for hydroxylation is 1. The highest BCUT2D eigenvalue weighted by molar-refractivity contribution is 6.46. The van der Waals surface area contributed by atoms with Crippen LogP contribution in [0.25, 0.3) is 5.76 Å². The van der Waals surface area contributed by atoms with Crippen molar-refractivity contribution in [2.24, 2.45) is 0 Å². The third-order valence-electron chi connectivity index (χ3n) is 6.17. The van der Waals surface area contributed by atoms with Crippen molar-refractivity contribution in [1.82, 2.24) is 9.88 Å². The summed E-state index contributed by atoms with van der Waals surface area (Å²) in [6, 6.07) is 14.4. The topological polar surface area (TPSA) is 106 Å². The maximum atomic E-state index is 13.3. The number of likely N-dealkylation sites (tertiary alicyclic amines) is 1. The smallest absolute Gasteiger partial charge is 0.338 e. The molecule has 196 valence electrons. The molecule has 0 bridgehead atoms. The summed E-state index contributed by atoms with van der Waals surface area (Å²) in [5.41, 5.74) is 2.87. The molecule has 0 radical (unpaired) electrons. The molecule has 8 nitrogen and oxygen atoms in total. The van der Waals surface area contributed by atoms with Gasteiger partial charge < -0.3 is 19.5 Å². The number of hydrogen-bond acceptors (Lipinski definition) is 7. The van der Waals surface area contributed by atoms with E-state index in [1.165, 1.54) is 4.90 Å². The minimum Gasteiger partial charge on any atom is -0.507 e. The molecule has 1 saturated heterocycles. The van der Waals surface area contributed by atoms with Crippen molar-refractivity contribution in [3.05, 3.63) is 100 Å². The van der Waals surface area contributed by atoms with Gasteiger partial charge >= 0.3 is 5.97 Å². The molecule has 3 aromatic rings. The molecule has 1 unspecified atom stereocenters. The van der Waals surface area contributed by atoms with Crippen LogP contribution in [0.5, 0.6) is 5.75 Å². The van der Waals surface area contributed by atoms with Crippen molar-refractivity contribution in [1.29, 1.82) is 0 Å². The zero-order chi connectivity index (χ0) is 27.4. The van der Waals surface area contributed by atoms with Crippen LogP contribution >= 0.6 is 0 Å². The van der Waals surface area contributed by atoms with Gasteiger partial charge in [-0.1, -0.05) is 18.2 Å². The second kappa shape index (κ2) is 11.3. The van der Waals surface area contributed by atoms with E-state index in [2.05, 4.69) is 4.98 Å². The monoisotopic (exact) mass is 514 g/mol. The Balaban J connectivity index is 1.72. The van der Waals surface area contributed by atoms with E-state index in [1.54, 1.807) is 80.8 Å². The third-order valence-corrected chi connectivity index (χ3v) is 6.17. The molecular weight excluding hydrogens is 484 g/mol. The van der Waals surface area contributed by atoms with Crippen LogP contribution in [0.1, 0.15) is 59.4 Å². The Bertz CT molecular complexity index is 1380. The Hall–Kier alpha value is -4.46. The Kier molecular flexibility index (Phi) is 7.90. The Labute approximate surface area is 221 Å². The van der Waals surface area contributed by atoms with Gasteiger partial charge in [-0.3, -0.25) is 14.6 Å². The highest BCUT2D eigenvalue weighted by Crippen LogP contribution is 2.40. The fourth-order valence-corrected chi connectivity index (χ4v) is 4.42. The summed E-state index contributed by atoms with van der Waals surface area (Å²) >= 11 is 0. The fourth-order valence-electron chi connectivity index (χ4n) is 4.42.